The summed E-state index contributed by atoms with van der Waals surface area (Å²) in [6.45, 7) is 9.03. The number of carbonyl (C=O) groups excluding carboxylic acids is 2. The first kappa shape index (κ1) is 18.0. The van der Waals surface area contributed by atoms with Crippen LogP contribution < -0.4 is 0 Å². The molecule has 1 fully saturated rings. The highest BCUT2D eigenvalue weighted by Gasteiger charge is 2.26. The Labute approximate surface area is 151 Å². The van der Waals surface area contributed by atoms with Crippen LogP contribution in [0.25, 0.3) is 0 Å². The molecule has 1 aliphatic heterocycles. The summed E-state index contributed by atoms with van der Waals surface area (Å²) in [5.41, 5.74) is 3.53. The van der Waals surface area contributed by atoms with E-state index in [0.29, 0.717) is 19.5 Å². The van der Waals surface area contributed by atoms with Crippen LogP contribution in [0.15, 0.2) is 18.2 Å². The Morgan fingerprint density at radius 1 is 0.920 bits per heavy atom. The molecule has 1 heterocycles. The Morgan fingerprint density at radius 2 is 1.60 bits per heavy atom. The van der Waals surface area contributed by atoms with Gasteiger partial charge in [-0.15, -0.1) is 0 Å². The van der Waals surface area contributed by atoms with Gasteiger partial charge in [-0.2, -0.15) is 0 Å². The minimum absolute atomic E-state index is 0.00328. The Morgan fingerprint density at radius 3 is 2.36 bits per heavy atom. The van der Waals surface area contributed by atoms with Gasteiger partial charge in [0.25, 0.3) is 5.91 Å². The van der Waals surface area contributed by atoms with Gasteiger partial charge in [0.05, 0.1) is 0 Å². The van der Waals surface area contributed by atoms with Crippen molar-refractivity contribution in [1.82, 2.24) is 9.80 Å². The molecule has 25 heavy (non-hydrogen) atoms. The van der Waals surface area contributed by atoms with Crippen LogP contribution in [0.1, 0.15) is 61.5 Å². The second-order valence-electron chi connectivity index (χ2n) is 8.60. The molecule has 4 heteroatoms. The van der Waals surface area contributed by atoms with E-state index in [1.54, 1.807) is 0 Å². The summed E-state index contributed by atoms with van der Waals surface area (Å²) < 4.78 is 0. The van der Waals surface area contributed by atoms with Gasteiger partial charge in [-0.3, -0.25) is 9.59 Å². The van der Waals surface area contributed by atoms with Crippen LogP contribution in [-0.2, 0) is 17.6 Å². The lowest BCUT2D eigenvalue weighted by molar-refractivity contribution is -0.132. The molecular formula is C21H30N2O2. The largest absolute Gasteiger partial charge is 0.341 e. The SMILES string of the molecule is CC(C)(C)CC(=O)N1CCCN(C(=O)c2ccc3c(c2)CCC3)CC1. The average molecular weight is 342 g/mol. The number of amides is 2. The van der Waals surface area contributed by atoms with Gasteiger partial charge < -0.3 is 9.80 Å². The zero-order valence-corrected chi connectivity index (χ0v) is 15.8. The molecule has 2 amide bonds. The third-order valence-corrected chi connectivity index (χ3v) is 5.16. The van der Waals surface area contributed by atoms with E-state index in [1.807, 2.05) is 15.9 Å². The molecular weight excluding hydrogens is 312 g/mol. The number of hydrogen-bond donors (Lipinski definition) is 0. The average Bonchev–Trinajstić information content (AvgIpc) is 2.86. The molecule has 136 valence electrons. The van der Waals surface area contributed by atoms with E-state index >= 15 is 0 Å². The topological polar surface area (TPSA) is 40.6 Å². The van der Waals surface area contributed by atoms with E-state index in [1.165, 1.54) is 17.5 Å². The monoisotopic (exact) mass is 342 g/mol. The Hall–Kier alpha value is -1.84. The van der Waals surface area contributed by atoms with Crippen molar-refractivity contribution >= 4 is 11.8 Å². The van der Waals surface area contributed by atoms with Gasteiger partial charge in [-0.05, 0) is 54.4 Å². The van der Waals surface area contributed by atoms with Crippen molar-refractivity contribution in [3.8, 4) is 0 Å². The van der Waals surface area contributed by atoms with Gasteiger partial charge in [0.1, 0.15) is 0 Å². The maximum absolute atomic E-state index is 12.9. The molecule has 0 aromatic heterocycles. The molecule has 4 nitrogen and oxygen atoms in total. The summed E-state index contributed by atoms with van der Waals surface area (Å²) in [6.07, 6.45) is 4.84. The minimum Gasteiger partial charge on any atom is -0.341 e. The van der Waals surface area contributed by atoms with E-state index in [-0.39, 0.29) is 17.2 Å². The number of aryl methyl sites for hydroxylation is 2. The first-order chi connectivity index (χ1) is 11.8. The van der Waals surface area contributed by atoms with Crippen molar-refractivity contribution in [2.45, 2.75) is 52.9 Å². The maximum Gasteiger partial charge on any atom is 0.253 e. The van der Waals surface area contributed by atoms with Crippen molar-refractivity contribution in [3.05, 3.63) is 34.9 Å². The third-order valence-electron chi connectivity index (χ3n) is 5.16. The van der Waals surface area contributed by atoms with Crippen LogP contribution in [0.2, 0.25) is 0 Å². The Balaban J connectivity index is 1.63. The smallest absolute Gasteiger partial charge is 0.253 e. The summed E-state index contributed by atoms with van der Waals surface area (Å²) in [7, 11) is 0. The number of hydrogen-bond acceptors (Lipinski definition) is 2. The lowest BCUT2D eigenvalue weighted by atomic mass is 9.91. The fraction of sp³-hybridized carbons (Fsp3) is 0.619. The molecule has 1 aliphatic carbocycles. The predicted molar refractivity (Wildman–Crippen MR) is 99.6 cm³/mol. The summed E-state index contributed by atoms with van der Waals surface area (Å²) in [5, 5.41) is 0. The zero-order chi connectivity index (χ0) is 18.0. The fourth-order valence-corrected chi connectivity index (χ4v) is 3.82. The molecule has 2 aliphatic rings. The Kier molecular flexibility index (Phi) is 5.16. The molecule has 0 unspecified atom stereocenters. The zero-order valence-electron chi connectivity index (χ0n) is 15.8. The molecule has 1 saturated heterocycles. The van der Waals surface area contributed by atoms with Crippen LogP contribution in [0.4, 0.5) is 0 Å². The lowest BCUT2D eigenvalue weighted by Crippen LogP contribution is -2.38. The van der Waals surface area contributed by atoms with Gasteiger partial charge in [0.15, 0.2) is 0 Å². The molecule has 0 N–H and O–H groups in total. The molecule has 0 atom stereocenters. The summed E-state index contributed by atoms with van der Waals surface area (Å²) in [5.74, 6) is 0.319. The van der Waals surface area contributed by atoms with Crippen LogP contribution >= 0.6 is 0 Å². The molecule has 3 rings (SSSR count). The fourth-order valence-electron chi connectivity index (χ4n) is 3.82. The number of benzene rings is 1. The minimum atomic E-state index is 0.00328. The maximum atomic E-state index is 12.9. The molecule has 0 spiro atoms. The second kappa shape index (κ2) is 7.19. The third kappa shape index (κ3) is 4.42. The van der Waals surface area contributed by atoms with Crippen molar-refractivity contribution in [3.63, 3.8) is 0 Å². The number of fused-ring (bicyclic) bond motifs is 1. The van der Waals surface area contributed by atoms with Gasteiger partial charge in [-0.1, -0.05) is 26.8 Å². The second-order valence-corrected chi connectivity index (χ2v) is 8.60. The normalized spacial score (nSPS) is 18.0. The quantitative estimate of drug-likeness (QED) is 0.827. The van der Waals surface area contributed by atoms with Gasteiger partial charge in [0.2, 0.25) is 5.91 Å². The lowest BCUT2D eigenvalue weighted by Gasteiger charge is -2.26. The number of rotatable bonds is 2. The van der Waals surface area contributed by atoms with Gasteiger partial charge >= 0.3 is 0 Å². The highest BCUT2D eigenvalue weighted by Crippen LogP contribution is 2.24. The molecule has 0 bridgehead atoms. The predicted octanol–water partition coefficient (Wildman–Crippen LogP) is 3.29. The van der Waals surface area contributed by atoms with Crippen molar-refractivity contribution in [1.29, 1.82) is 0 Å². The highest BCUT2D eigenvalue weighted by atomic mass is 16.2. The molecule has 1 aromatic carbocycles. The van der Waals surface area contributed by atoms with Crippen molar-refractivity contribution in [2.24, 2.45) is 5.41 Å². The van der Waals surface area contributed by atoms with Crippen molar-refractivity contribution < 1.29 is 9.59 Å². The molecule has 0 saturated carbocycles. The molecule has 1 aromatic rings. The van der Waals surface area contributed by atoms with Crippen molar-refractivity contribution in [2.75, 3.05) is 26.2 Å². The van der Waals surface area contributed by atoms with Gasteiger partial charge in [0, 0.05) is 38.2 Å². The van der Waals surface area contributed by atoms with E-state index < -0.39 is 0 Å². The Bertz CT molecular complexity index is 660. The van der Waals surface area contributed by atoms with Crippen LogP contribution in [0.5, 0.6) is 0 Å². The highest BCUT2D eigenvalue weighted by molar-refractivity contribution is 5.94. The van der Waals surface area contributed by atoms with Crippen LogP contribution in [-0.4, -0.2) is 47.8 Å². The summed E-state index contributed by atoms with van der Waals surface area (Å²) in [6, 6.07) is 6.17. The van der Waals surface area contributed by atoms with E-state index in [2.05, 4.69) is 32.9 Å². The first-order valence-electron chi connectivity index (χ1n) is 9.52. The number of nitrogens with zero attached hydrogens (tertiary/aromatic N) is 2. The van der Waals surface area contributed by atoms with E-state index in [4.69, 9.17) is 0 Å². The molecule has 0 radical (unpaired) electrons. The standard InChI is InChI=1S/C21H30N2O2/c1-21(2,3)15-19(24)22-10-5-11-23(13-12-22)20(25)18-9-8-16-6-4-7-17(16)14-18/h8-9,14H,4-7,10-13,15H2,1-3H3. The van der Waals surface area contributed by atoms with E-state index in [0.717, 1.165) is 37.9 Å². The number of carbonyl (C=O) groups is 2. The van der Waals surface area contributed by atoms with Gasteiger partial charge in [-0.25, -0.2) is 0 Å². The first-order valence-corrected chi connectivity index (χ1v) is 9.52. The van der Waals surface area contributed by atoms with E-state index in [9.17, 15) is 9.59 Å². The van der Waals surface area contributed by atoms with Crippen LogP contribution in [0.3, 0.4) is 0 Å². The van der Waals surface area contributed by atoms with Crippen LogP contribution in [0, 0.1) is 5.41 Å². The summed E-state index contributed by atoms with van der Waals surface area (Å²) >= 11 is 0. The summed E-state index contributed by atoms with van der Waals surface area (Å²) in [4.78, 5) is 29.2.